The smallest absolute Gasteiger partial charge is 0.122 e. The molecule has 0 atom stereocenters. The summed E-state index contributed by atoms with van der Waals surface area (Å²) in [4.78, 5) is 4.11. The van der Waals surface area contributed by atoms with Gasteiger partial charge in [-0.05, 0) is 34.7 Å². The van der Waals surface area contributed by atoms with Crippen LogP contribution in [0, 0.1) is 0 Å². The first-order valence-corrected chi connectivity index (χ1v) is 6.77. The van der Waals surface area contributed by atoms with Crippen LogP contribution in [0.5, 0.6) is 5.75 Å². The second-order valence-electron chi connectivity index (χ2n) is 5.83. The van der Waals surface area contributed by atoms with Gasteiger partial charge in [-0.2, -0.15) is 0 Å². The van der Waals surface area contributed by atoms with Crippen molar-refractivity contribution in [3.63, 3.8) is 0 Å². The zero-order valence-corrected chi connectivity index (χ0v) is 12.6. The fourth-order valence-electron chi connectivity index (χ4n) is 2.08. The molecule has 0 saturated carbocycles. The molecular weight excluding hydrogens is 246 g/mol. The summed E-state index contributed by atoms with van der Waals surface area (Å²) >= 11 is 0. The van der Waals surface area contributed by atoms with E-state index in [9.17, 15) is 0 Å². The molecule has 1 aromatic heterocycles. The van der Waals surface area contributed by atoms with Crippen LogP contribution in [0.4, 0.5) is 0 Å². The largest absolute Gasteiger partial charge is 0.496 e. The minimum Gasteiger partial charge on any atom is -0.496 e. The first kappa shape index (κ1) is 14.3. The lowest BCUT2D eigenvalue weighted by Crippen LogP contribution is -2.12. The number of ether oxygens (including phenoxy) is 1. The lowest BCUT2D eigenvalue weighted by atomic mass is 9.85. The van der Waals surface area contributed by atoms with Gasteiger partial charge in [0.25, 0.3) is 0 Å². The second-order valence-corrected chi connectivity index (χ2v) is 5.83. The van der Waals surface area contributed by atoms with E-state index < -0.39 is 0 Å². The molecule has 1 heterocycles. The van der Waals surface area contributed by atoms with Crippen LogP contribution in [0.15, 0.2) is 42.7 Å². The van der Waals surface area contributed by atoms with Crippen molar-refractivity contribution in [2.24, 2.45) is 0 Å². The van der Waals surface area contributed by atoms with Gasteiger partial charge in [0, 0.05) is 18.0 Å². The normalized spacial score (nSPS) is 11.8. The predicted molar refractivity (Wildman–Crippen MR) is 84.9 cm³/mol. The van der Waals surface area contributed by atoms with Crippen molar-refractivity contribution >= 4 is 12.2 Å². The third-order valence-corrected chi connectivity index (χ3v) is 3.18. The quantitative estimate of drug-likeness (QED) is 0.813. The molecule has 0 aliphatic heterocycles. The average Bonchev–Trinajstić information content (AvgIpc) is 2.45. The number of benzene rings is 1. The molecule has 2 nitrogen and oxygen atoms in total. The maximum Gasteiger partial charge on any atom is 0.122 e. The molecule has 0 amide bonds. The number of pyridine rings is 1. The first-order chi connectivity index (χ1) is 9.50. The van der Waals surface area contributed by atoms with Crippen molar-refractivity contribution in [2.75, 3.05) is 7.11 Å². The van der Waals surface area contributed by atoms with E-state index in [0.717, 1.165) is 11.3 Å². The van der Waals surface area contributed by atoms with Crippen LogP contribution in [0.3, 0.4) is 0 Å². The topological polar surface area (TPSA) is 22.1 Å². The van der Waals surface area contributed by atoms with Crippen molar-refractivity contribution in [3.8, 4) is 5.75 Å². The lowest BCUT2D eigenvalue weighted by molar-refractivity contribution is 0.397. The van der Waals surface area contributed by atoms with E-state index in [4.69, 9.17) is 4.74 Å². The van der Waals surface area contributed by atoms with Gasteiger partial charge in [0.2, 0.25) is 0 Å². The molecule has 104 valence electrons. The second kappa shape index (κ2) is 5.91. The molecule has 0 aliphatic carbocycles. The molecule has 0 saturated heterocycles. The summed E-state index contributed by atoms with van der Waals surface area (Å²) in [6.07, 6.45) is 7.81. The first-order valence-electron chi connectivity index (χ1n) is 6.77. The summed E-state index contributed by atoms with van der Waals surface area (Å²) in [5.41, 5.74) is 3.54. The molecule has 0 spiro atoms. The average molecular weight is 267 g/mol. The zero-order valence-electron chi connectivity index (χ0n) is 12.6. The monoisotopic (exact) mass is 267 g/mol. The molecule has 2 rings (SSSR count). The Morgan fingerprint density at radius 1 is 1.05 bits per heavy atom. The van der Waals surface area contributed by atoms with E-state index in [1.54, 1.807) is 13.3 Å². The molecule has 0 N–H and O–H groups in total. The highest BCUT2D eigenvalue weighted by Crippen LogP contribution is 2.32. The van der Waals surface area contributed by atoms with E-state index in [-0.39, 0.29) is 5.41 Å². The van der Waals surface area contributed by atoms with Crippen LogP contribution < -0.4 is 4.74 Å². The number of hydrogen-bond acceptors (Lipinski definition) is 2. The molecule has 0 unspecified atom stereocenters. The number of nitrogens with zero attached hydrogens (tertiary/aromatic N) is 1. The van der Waals surface area contributed by atoms with Crippen molar-refractivity contribution in [2.45, 2.75) is 26.2 Å². The minimum absolute atomic E-state index is 0.0590. The van der Waals surface area contributed by atoms with Crippen molar-refractivity contribution in [1.29, 1.82) is 0 Å². The SMILES string of the molecule is COc1ccc(C=Cc2cccnc2)cc1C(C)(C)C. The van der Waals surface area contributed by atoms with Crippen LogP contribution in [0.25, 0.3) is 12.2 Å². The molecule has 0 fully saturated rings. The van der Waals surface area contributed by atoms with Gasteiger partial charge < -0.3 is 4.74 Å². The van der Waals surface area contributed by atoms with E-state index in [2.05, 4.69) is 50.0 Å². The highest BCUT2D eigenvalue weighted by molar-refractivity contribution is 5.70. The van der Waals surface area contributed by atoms with Gasteiger partial charge in [-0.1, -0.05) is 45.1 Å². The Kier molecular flexibility index (Phi) is 4.23. The van der Waals surface area contributed by atoms with Gasteiger partial charge in [0.05, 0.1) is 7.11 Å². The molecular formula is C18H21NO. The highest BCUT2D eigenvalue weighted by Gasteiger charge is 2.18. The van der Waals surface area contributed by atoms with Crippen LogP contribution in [-0.2, 0) is 5.41 Å². The summed E-state index contributed by atoms with van der Waals surface area (Å²) < 4.78 is 5.46. The minimum atomic E-state index is 0.0590. The van der Waals surface area contributed by atoms with E-state index >= 15 is 0 Å². The Labute approximate surface area is 121 Å². The molecule has 0 bridgehead atoms. The highest BCUT2D eigenvalue weighted by atomic mass is 16.5. The Balaban J connectivity index is 2.32. The van der Waals surface area contributed by atoms with Crippen molar-refractivity contribution < 1.29 is 4.74 Å². The van der Waals surface area contributed by atoms with Crippen molar-refractivity contribution in [3.05, 3.63) is 59.4 Å². The third kappa shape index (κ3) is 3.47. The fourth-order valence-corrected chi connectivity index (χ4v) is 2.08. The summed E-state index contributed by atoms with van der Waals surface area (Å²) in [5, 5.41) is 0. The molecule has 0 aliphatic rings. The Hall–Kier alpha value is -2.09. The molecule has 20 heavy (non-hydrogen) atoms. The van der Waals surface area contributed by atoms with Crippen LogP contribution >= 0.6 is 0 Å². The maximum atomic E-state index is 5.46. The summed E-state index contributed by atoms with van der Waals surface area (Å²) in [5.74, 6) is 0.941. The fraction of sp³-hybridized carbons (Fsp3) is 0.278. The lowest BCUT2D eigenvalue weighted by Gasteiger charge is -2.22. The Morgan fingerprint density at radius 3 is 2.40 bits per heavy atom. The number of methoxy groups -OCH3 is 1. The Morgan fingerprint density at radius 2 is 1.80 bits per heavy atom. The molecule has 2 heteroatoms. The van der Waals surface area contributed by atoms with Gasteiger partial charge in [0.15, 0.2) is 0 Å². The maximum absolute atomic E-state index is 5.46. The zero-order chi connectivity index (χ0) is 14.6. The third-order valence-electron chi connectivity index (χ3n) is 3.18. The summed E-state index contributed by atoms with van der Waals surface area (Å²) in [6, 6.07) is 10.3. The summed E-state index contributed by atoms with van der Waals surface area (Å²) in [7, 11) is 1.72. The molecule has 2 aromatic rings. The van der Waals surface area contributed by atoms with Gasteiger partial charge in [-0.3, -0.25) is 4.98 Å². The summed E-state index contributed by atoms with van der Waals surface area (Å²) in [6.45, 7) is 6.58. The van der Waals surface area contributed by atoms with Crippen LogP contribution in [0.1, 0.15) is 37.5 Å². The van der Waals surface area contributed by atoms with E-state index in [0.29, 0.717) is 0 Å². The van der Waals surface area contributed by atoms with E-state index in [1.807, 2.05) is 24.4 Å². The number of hydrogen-bond donors (Lipinski definition) is 0. The van der Waals surface area contributed by atoms with Gasteiger partial charge in [-0.15, -0.1) is 0 Å². The van der Waals surface area contributed by atoms with Gasteiger partial charge in [-0.25, -0.2) is 0 Å². The van der Waals surface area contributed by atoms with Crippen molar-refractivity contribution in [1.82, 2.24) is 4.98 Å². The Bertz CT molecular complexity index is 595. The van der Waals surface area contributed by atoms with Gasteiger partial charge >= 0.3 is 0 Å². The number of aromatic nitrogens is 1. The number of rotatable bonds is 3. The molecule has 1 aromatic carbocycles. The van der Waals surface area contributed by atoms with Crippen LogP contribution in [0.2, 0.25) is 0 Å². The molecule has 0 radical (unpaired) electrons. The van der Waals surface area contributed by atoms with Crippen LogP contribution in [-0.4, -0.2) is 12.1 Å². The van der Waals surface area contributed by atoms with E-state index in [1.165, 1.54) is 11.1 Å². The van der Waals surface area contributed by atoms with Gasteiger partial charge in [0.1, 0.15) is 5.75 Å². The predicted octanol–water partition coefficient (Wildman–Crippen LogP) is 4.56. The standard InChI is InChI=1S/C18H21NO/c1-18(2,3)16-12-14(9-10-17(16)20-4)7-8-15-6-5-11-19-13-15/h5-13H,1-4H3.